The van der Waals surface area contributed by atoms with Crippen LogP contribution in [0.4, 0.5) is 0 Å². The molecule has 110 valence electrons. The van der Waals surface area contributed by atoms with Gasteiger partial charge in [0.25, 0.3) is 0 Å². The number of aryl methyl sites for hydroxylation is 1. The molecule has 2 aromatic carbocycles. The lowest BCUT2D eigenvalue weighted by atomic mass is 10.1. The minimum atomic E-state index is -0.0495. The number of ether oxygens (including phenoxy) is 2. The normalized spacial score (nSPS) is 10.2. The number of hydrogen-bond acceptors (Lipinski definition) is 3. The van der Waals surface area contributed by atoms with Crippen LogP contribution in [0.15, 0.2) is 55.1 Å². The summed E-state index contributed by atoms with van der Waals surface area (Å²) in [5.41, 5.74) is 3.07. The van der Waals surface area contributed by atoms with E-state index in [4.69, 9.17) is 9.47 Å². The van der Waals surface area contributed by atoms with Gasteiger partial charge in [-0.2, -0.15) is 0 Å². The molecule has 0 fully saturated rings. The minimum absolute atomic E-state index is 0.0495. The summed E-state index contributed by atoms with van der Waals surface area (Å²) < 4.78 is 11.3. The van der Waals surface area contributed by atoms with Crippen LogP contribution in [-0.4, -0.2) is 11.7 Å². The predicted octanol–water partition coefficient (Wildman–Crippen LogP) is 3.63. The van der Waals surface area contributed by atoms with Gasteiger partial charge in [-0.15, -0.1) is 0 Å². The van der Waals surface area contributed by atoms with E-state index in [-0.39, 0.29) is 6.61 Å². The van der Waals surface area contributed by atoms with Crippen LogP contribution < -0.4 is 9.47 Å². The number of aliphatic hydroxyl groups is 1. The van der Waals surface area contributed by atoms with Crippen molar-refractivity contribution in [1.82, 2.24) is 0 Å². The molecule has 3 nitrogen and oxygen atoms in total. The Morgan fingerprint density at radius 2 is 1.81 bits per heavy atom. The Morgan fingerprint density at radius 1 is 1.05 bits per heavy atom. The zero-order valence-corrected chi connectivity index (χ0v) is 12.2. The lowest BCUT2D eigenvalue weighted by molar-refractivity contribution is 0.275. The second kappa shape index (κ2) is 7.50. The molecule has 0 aliphatic rings. The summed E-state index contributed by atoms with van der Waals surface area (Å²) in [6.45, 7) is 6.53. The van der Waals surface area contributed by atoms with Gasteiger partial charge in [0, 0.05) is 6.07 Å². The summed E-state index contributed by atoms with van der Waals surface area (Å²) >= 11 is 0. The Kier molecular flexibility index (Phi) is 5.41. The van der Waals surface area contributed by atoms with Gasteiger partial charge in [0.15, 0.2) is 0 Å². The molecule has 0 aromatic heterocycles. The fourth-order valence-electron chi connectivity index (χ4n) is 2.01. The molecule has 2 rings (SSSR count). The molecule has 21 heavy (non-hydrogen) atoms. The SMILES string of the molecule is C=CCOc1cc(CO)cc(OCc2cccc(C)c2)c1. The van der Waals surface area contributed by atoms with Crippen molar-refractivity contribution in [3.8, 4) is 11.5 Å². The second-order valence-corrected chi connectivity index (χ2v) is 4.85. The molecule has 0 aliphatic heterocycles. The first-order valence-electron chi connectivity index (χ1n) is 6.88. The number of rotatable bonds is 7. The monoisotopic (exact) mass is 284 g/mol. The molecule has 1 N–H and O–H groups in total. The zero-order valence-electron chi connectivity index (χ0n) is 12.2. The number of hydrogen-bond donors (Lipinski definition) is 1. The van der Waals surface area contributed by atoms with Gasteiger partial charge >= 0.3 is 0 Å². The van der Waals surface area contributed by atoms with E-state index in [2.05, 4.69) is 25.6 Å². The van der Waals surface area contributed by atoms with E-state index in [1.807, 2.05) is 24.3 Å². The third-order valence-electron chi connectivity index (χ3n) is 2.98. The number of benzene rings is 2. The first-order valence-corrected chi connectivity index (χ1v) is 6.88. The van der Waals surface area contributed by atoms with Crippen LogP contribution >= 0.6 is 0 Å². The Bertz CT molecular complexity index is 605. The molecule has 0 spiro atoms. The van der Waals surface area contributed by atoms with Crippen molar-refractivity contribution in [2.75, 3.05) is 6.61 Å². The van der Waals surface area contributed by atoms with E-state index >= 15 is 0 Å². The van der Waals surface area contributed by atoms with E-state index < -0.39 is 0 Å². The topological polar surface area (TPSA) is 38.7 Å². The highest BCUT2D eigenvalue weighted by Gasteiger charge is 2.03. The molecule has 0 amide bonds. The Hall–Kier alpha value is -2.26. The van der Waals surface area contributed by atoms with Crippen molar-refractivity contribution in [2.45, 2.75) is 20.1 Å². The molecule has 0 saturated carbocycles. The van der Waals surface area contributed by atoms with Crippen molar-refractivity contribution in [2.24, 2.45) is 0 Å². The molecule has 0 radical (unpaired) electrons. The summed E-state index contributed by atoms with van der Waals surface area (Å²) in [7, 11) is 0. The molecular formula is C18H20O3. The van der Waals surface area contributed by atoms with E-state index in [0.29, 0.717) is 24.7 Å². The molecule has 0 atom stereocenters. The lowest BCUT2D eigenvalue weighted by Crippen LogP contribution is -1.99. The molecule has 0 saturated heterocycles. The first-order chi connectivity index (χ1) is 10.2. The summed E-state index contributed by atoms with van der Waals surface area (Å²) in [5.74, 6) is 1.35. The second-order valence-electron chi connectivity index (χ2n) is 4.85. The standard InChI is InChI=1S/C18H20O3/c1-3-7-20-17-9-16(12-19)10-18(11-17)21-13-15-6-4-5-14(2)8-15/h3-6,8-11,19H,1,7,12-13H2,2H3. The summed E-state index contributed by atoms with van der Waals surface area (Å²) in [6.07, 6.45) is 1.68. The van der Waals surface area contributed by atoms with E-state index in [1.165, 1.54) is 5.56 Å². The largest absolute Gasteiger partial charge is 0.489 e. The van der Waals surface area contributed by atoms with Gasteiger partial charge in [-0.25, -0.2) is 0 Å². The Balaban J connectivity index is 2.09. The summed E-state index contributed by atoms with van der Waals surface area (Å²) in [4.78, 5) is 0. The molecular weight excluding hydrogens is 264 g/mol. The summed E-state index contributed by atoms with van der Waals surface area (Å²) in [5, 5.41) is 9.30. The first kappa shape index (κ1) is 15.1. The smallest absolute Gasteiger partial charge is 0.123 e. The fourth-order valence-corrected chi connectivity index (χ4v) is 2.01. The maximum absolute atomic E-state index is 9.30. The highest BCUT2D eigenvalue weighted by atomic mass is 16.5. The maximum Gasteiger partial charge on any atom is 0.123 e. The molecule has 3 heteroatoms. The molecule has 2 aromatic rings. The van der Waals surface area contributed by atoms with E-state index in [9.17, 15) is 5.11 Å². The van der Waals surface area contributed by atoms with Gasteiger partial charge in [0.1, 0.15) is 24.7 Å². The highest BCUT2D eigenvalue weighted by molar-refractivity contribution is 5.38. The van der Waals surface area contributed by atoms with Crippen LogP contribution in [0.1, 0.15) is 16.7 Å². The van der Waals surface area contributed by atoms with Gasteiger partial charge in [-0.3, -0.25) is 0 Å². The van der Waals surface area contributed by atoms with Crippen molar-refractivity contribution in [3.05, 3.63) is 71.8 Å². The molecule has 0 heterocycles. The van der Waals surface area contributed by atoms with E-state index in [0.717, 1.165) is 11.1 Å². The lowest BCUT2D eigenvalue weighted by Gasteiger charge is -2.11. The van der Waals surface area contributed by atoms with Crippen LogP contribution in [0.5, 0.6) is 11.5 Å². The van der Waals surface area contributed by atoms with Crippen LogP contribution in [0.2, 0.25) is 0 Å². The van der Waals surface area contributed by atoms with Crippen molar-refractivity contribution in [1.29, 1.82) is 0 Å². The van der Waals surface area contributed by atoms with Crippen LogP contribution in [-0.2, 0) is 13.2 Å². The average molecular weight is 284 g/mol. The predicted molar refractivity (Wildman–Crippen MR) is 83.6 cm³/mol. The third kappa shape index (κ3) is 4.65. The van der Waals surface area contributed by atoms with Crippen molar-refractivity contribution in [3.63, 3.8) is 0 Å². The van der Waals surface area contributed by atoms with Gasteiger partial charge in [-0.1, -0.05) is 42.5 Å². The van der Waals surface area contributed by atoms with Gasteiger partial charge in [0.2, 0.25) is 0 Å². The third-order valence-corrected chi connectivity index (χ3v) is 2.98. The summed E-state index contributed by atoms with van der Waals surface area (Å²) in [6, 6.07) is 13.6. The van der Waals surface area contributed by atoms with Crippen LogP contribution in [0.25, 0.3) is 0 Å². The van der Waals surface area contributed by atoms with Gasteiger partial charge in [0.05, 0.1) is 6.61 Å². The van der Waals surface area contributed by atoms with Crippen molar-refractivity contribution < 1.29 is 14.6 Å². The maximum atomic E-state index is 9.30. The Labute approximate surface area is 125 Å². The quantitative estimate of drug-likeness (QED) is 0.789. The van der Waals surface area contributed by atoms with Crippen LogP contribution in [0, 0.1) is 6.92 Å². The Morgan fingerprint density at radius 3 is 2.48 bits per heavy atom. The van der Waals surface area contributed by atoms with Crippen LogP contribution in [0.3, 0.4) is 0 Å². The number of aliphatic hydroxyl groups excluding tert-OH is 1. The highest BCUT2D eigenvalue weighted by Crippen LogP contribution is 2.24. The zero-order chi connectivity index (χ0) is 15.1. The van der Waals surface area contributed by atoms with Crippen molar-refractivity contribution >= 4 is 0 Å². The van der Waals surface area contributed by atoms with Gasteiger partial charge in [-0.05, 0) is 30.2 Å². The molecule has 0 bridgehead atoms. The molecule has 0 unspecified atom stereocenters. The minimum Gasteiger partial charge on any atom is -0.489 e. The van der Waals surface area contributed by atoms with E-state index in [1.54, 1.807) is 12.1 Å². The van der Waals surface area contributed by atoms with Gasteiger partial charge < -0.3 is 14.6 Å². The molecule has 0 aliphatic carbocycles. The average Bonchev–Trinajstić information content (AvgIpc) is 2.51. The fraction of sp³-hybridized carbons (Fsp3) is 0.222.